The normalized spacial score (nSPS) is 12.1. The predicted octanol–water partition coefficient (Wildman–Crippen LogP) is 21.8. The van der Waals surface area contributed by atoms with Crippen LogP contribution in [-0.2, 0) is 51.9 Å². The minimum Gasteiger partial charge on any atom is -0.252 e. The van der Waals surface area contributed by atoms with E-state index in [9.17, 15) is 0 Å². The third-order valence-electron chi connectivity index (χ3n) is 14.3. The summed E-state index contributed by atoms with van der Waals surface area (Å²) in [4.78, 5) is 0. The first kappa shape index (κ1) is 86.8. The van der Waals surface area contributed by atoms with Crippen molar-refractivity contribution in [1.82, 2.24) is 60.0 Å². The zero-order chi connectivity index (χ0) is 70.8. The van der Waals surface area contributed by atoms with E-state index in [1.54, 1.807) is 0 Å². The third-order valence-corrected chi connectivity index (χ3v) is 14.3. The van der Waals surface area contributed by atoms with Gasteiger partial charge in [0.1, 0.15) is 0 Å². The molecule has 0 saturated carbocycles. The highest BCUT2D eigenvalue weighted by Crippen LogP contribution is 2.23. The Kier molecular flexibility index (Phi) is 41.9. The van der Waals surface area contributed by atoms with Crippen LogP contribution in [0.4, 0.5) is 0 Å². The molecule has 0 amide bonds. The molecule has 0 atom stereocenters. The first-order valence-electron chi connectivity index (χ1n) is 37.2. The summed E-state index contributed by atoms with van der Waals surface area (Å²) in [7, 11) is 0. The Hall–Kier alpha value is -5.20. The van der Waals surface area contributed by atoms with Crippen molar-refractivity contribution in [2.24, 2.45) is 43.3 Å². The first-order chi connectivity index (χ1) is 43.6. The highest BCUT2D eigenvalue weighted by molar-refractivity contribution is 5.09. The van der Waals surface area contributed by atoms with Crippen molar-refractivity contribution in [3.8, 4) is 47.4 Å². The number of rotatable bonds is 34. The van der Waals surface area contributed by atoms with Crippen LogP contribution in [0.25, 0.3) is 0 Å². The fourth-order valence-electron chi connectivity index (χ4n) is 10.0. The van der Waals surface area contributed by atoms with Crippen LogP contribution in [0, 0.1) is 90.7 Å². The highest BCUT2D eigenvalue weighted by Gasteiger charge is 2.17. The van der Waals surface area contributed by atoms with E-state index in [0.717, 1.165) is 100 Å². The number of aryl methyl sites for hydroxylation is 4. The third kappa shape index (κ3) is 58.2. The molecule has 12 heteroatoms. The summed E-state index contributed by atoms with van der Waals surface area (Å²) in [5.41, 5.74) is 6.11. The van der Waals surface area contributed by atoms with Crippen molar-refractivity contribution < 1.29 is 0 Å². The van der Waals surface area contributed by atoms with Crippen molar-refractivity contribution in [1.29, 1.82) is 0 Å². The molecule has 0 N–H and O–H groups in total. The molecule has 4 heterocycles. The summed E-state index contributed by atoms with van der Waals surface area (Å²) in [6, 6.07) is 0. The van der Waals surface area contributed by atoms with E-state index in [1.807, 2.05) is 18.7 Å². The molecule has 532 valence electrons. The molecule has 0 radical (unpaired) electrons. The molecule has 0 bridgehead atoms. The lowest BCUT2D eigenvalue weighted by atomic mass is 9.91. The van der Waals surface area contributed by atoms with Gasteiger partial charge < -0.3 is 0 Å². The van der Waals surface area contributed by atoms with Gasteiger partial charge in [-0.2, -0.15) is 0 Å². The molecule has 4 aromatic rings. The summed E-state index contributed by atoms with van der Waals surface area (Å²) in [6.07, 6.45) is 44.4. The summed E-state index contributed by atoms with van der Waals surface area (Å²) >= 11 is 0. The van der Waals surface area contributed by atoms with Crippen LogP contribution in [0.15, 0.2) is 24.8 Å². The molecule has 0 aliphatic heterocycles. The average Bonchev–Trinajstić information content (AvgIpc) is 1.94. The van der Waals surface area contributed by atoms with Crippen molar-refractivity contribution in [3.63, 3.8) is 0 Å². The van der Waals surface area contributed by atoms with E-state index in [1.165, 1.54) is 141 Å². The Morgan fingerprint density at radius 2 is 0.394 bits per heavy atom. The zero-order valence-electron chi connectivity index (χ0n) is 65.7. The van der Waals surface area contributed by atoms with Crippen molar-refractivity contribution in [2.45, 2.75) is 385 Å². The van der Waals surface area contributed by atoms with Gasteiger partial charge in [0.15, 0.2) is 0 Å². The second kappa shape index (κ2) is 45.3. The maximum absolute atomic E-state index is 4.28. The van der Waals surface area contributed by atoms with E-state index in [2.05, 4.69) is 280 Å². The van der Waals surface area contributed by atoms with Gasteiger partial charge in [-0.1, -0.05) is 218 Å². The molecule has 4 rings (SSSR count). The molecule has 0 aliphatic carbocycles. The predicted molar refractivity (Wildman–Crippen MR) is 402 cm³/mol. The number of unbranched alkanes of at least 4 members (excludes halogenated alkanes) is 22. The smallest absolute Gasteiger partial charge is 0.0832 e. The largest absolute Gasteiger partial charge is 0.252 e. The Labute approximate surface area is 580 Å². The molecule has 0 aromatic carbocycles. The Bertz CT molecular complexity index is 2820. The lowest BCUT2D eigenvalue weighted by Gasteiger charge is -2.15. The second-order valence-electron chi connectivity index (χ2n) is 35.8. The van der Waals surface area contributed by atoms with Gasteiger partial charge in [0.25, 0.3) is 0 Å². The molecular weight excluding hydrogens is 1150 g/mol. The Morgan fingerprint density at radius 3 is 0.553 bits per heavy atom. The number of aromatic nitrogens is 12. The molecule has 94 heavy (non-hydrogen) atoms. The van der Waals surface area contributed by atoms with Crippen LogP contribution in [0.2, 0.25) is 0 Å². The van der Waals surface area contributed by atoms with Gasteiger partial charge in [0, 0.05) is 98.3 Å². The van der Waals surface area contributed by atoms with Crippen LogP contribution in [-0.4, -0.2) is 60.0 Å². The van der Waals surface area contributed by atoms with Crippen molar-refractivity contribution >= 4 is 0 Å². The van der Waals surface area contributed by atoms with Gasteiger partial charge in [-0.25, -0.2) is 0 Å². The highest BCUT2D eigenvalue weighted by atomic mass is 15.4. The van der Waals surface area contributed by atoms with Gasteiger partial charge in [0.2, 0.25) is 0 Å². The lowest BCUT2D eigenvalue weighted by molar-refractivity contribution is 0.405. The van der Waals surface area contributed by atoms with Gasteiger partial charge >= 0.3 is 0 Å². The first-order valence-corrected chi connectivity index (χ1v) is 37.2. The van der Waals surface area contributed by atoms with Crippen molar-refractivity contribution in [2.75, 3.05) is 0 Å². The fourth-order valence-corrected chi connectivity index (χ4v) is 10.0. The lowest BCUT2D eigenvalue weighted by Crippen LogP contribution is -2.09. The molecular formula is C82H144N12. The average molecular weight is 1300 g/mol. The fraction of sp³-hybridized carbons (Fsp3) is 0.805. The van der Waals surface area contributed by atoms with E-state index < -0.39 is 0 Å². The second-order valence-corrected chi connectivity index (χ2v) is 35.8. The van der Waals surface area contributed by atoms with Gasteiger partial charge in [-0.05, 0) is 182 Å². The maximum Gasteiger partial charge on any atom is 0.0832 e. The molecule has 4 aromatic heterocycles. The summed E-state index contributed by atoms with van der Waals surface area (Å²) in [5.74, 6) is 26.4. The molecule has 0 spiro atoms. The van der Waals surface area contributed by atoms with E-state index in [4.69, 9.17) is 0 Å². The van der Waals surface area contributed by atoms with Gasteiger partial charge in [0.05, 0.1) is 22.8 Å². The molecule has 12 nitrogen and oxygen atoms in total. The van der Waals surface area contributed by atoms with E-state index in [-0.39, 0.29) is 43.3 Å². The monoisotopic (exact) mass is 1300 g/mol. The minimum atomic E-state index is 0.137. The number of nitrogens with zero attached hydrogens (tertiary/aromatic N) is 12. The standard InChI is InChI=1S/C22H39N3.C21H37N3.C20H35N3.C19H33N3/c1-21(2,3)16-14-12-10-8-7-9-11-13-15-17-25-19-20(23-24-25)18-22(4,5)6;1-20(2,3)15-13-11-9-7-8-10-12-14-16-24-18-19(22-23-24)17-21(4,5)6;1-19(2,3)14-12-10-8-7-9-11-13-15-23-17-18(21-22-23)16-20(4,5)6;1-18(2,3)13-11-9-7-8-10-12-14-22-16-17(20-21-22)15-19(4,5)6/h19H,7-13,15,17-18H2,1-6H3;18H,7-12,14,16-17H2,1-6H3;17H,7-11,13,15-16H2,1-6H3;16H,7-10,12,14-15H2,1-6H3. The SMILES string of the molecule is CC(C)(C)C#CCCCCCCCCCn1cc(CC(C)(C)C)nn1.CC(C)(C)C#CCCCCCCCCn1cc(CC(C)(C)C)nn1.CC(C)(C)C#CCCCCCCCn1cc(CC(C)(C)C)nn1.CC(C)(C)C#CCCCCCCn1cc(CC(C)(C)C)nn1. The van der Waals surface area contributed by atoms with Crippen LogP contribution in [0.3, 0.4) is 0 Å². The number of hydrogen-bond donors (Lipinski definition) is 0. The molecule has 0 fully saturated rings. The van der Waals surface area contributed by atoms with Crippen molar-refractivity contribution in [3.05, 3.63) is 47.6 Å². The van der Waals surface area contributed by atoms with Crippen LogP contribution in [0.5, 0.6) is 0 Å². The zero-order valence-corrected chi connectivity index (χ0v) is 65.7. The minimum absolute atomic E-state index is 0.137. The van der Waals surface area contributed by atoms with Crippen LogP contribution < -0.4 is 0 Å². The number of hydrogen-bond acceptors (Lipinski definition) is 8. The van der Waals surface area contributed by atoms with Crippen LogP contribution >= 0.6 is 0 Å². The molecule has 0 unspecified atom stereocenters. The molecule has 0 aliphatic rings. The van der Waals surface area contributed by atoms with E-state index >= 15 is 0 Å². The Balaban J connectivity index is 0.000000627. The molecule has 0 saturated heterocycles. The van der Waals surface area contributed by atoms with Gasteiger partial charge in [-0.3, -0.25) is 18.7 Å². The summed E-state index contributed by atoms with van der Waals surface area (Å²) < 4.78 is 7.99. The maximum atomic E-state index is 4.28. The summed E-state index contributed by atoms with van der Waals surface area (Å²) in [5, 5.41) is 34.0. The topological polar surface area (TPSA) is 123 Å². The Morgan fingerprint density at radius 1 is 0.234 bits per heavy atom. The summed E-state index contributed by atoms with van der Waals surface area (Å²) in [6.45, 7) is 56.8. The van der Waals surface area contributed by atoms with E-state index in [0.29, 0.717) is 0 Å². The quantitative estimate of drug-likeness (QED) is 0.0335. The van der Waals surface area contributed by atoms with Gasteiger partial charge in [-0.15, -0.1) is 44.1 Å². The van der Waals surface area contributed by atoms with Crippen LogP contribution in [0.1, 0.15) is 356 Å².